The number of piperazine rings is 1. The van der Waals surface area contributed by atoms with E-state index in [1.807, 2.05) is 6.92 Å². The highest BCUT2D eigenvalue weighted by atomic mass is 35.5. The zero-order valence-corrected chi connectivity index (χ0v) is 21.3. The Kier molecular flexibility index (Phi) is 8.47. The lowest BCUT2D eigenvalue weighted by molar-refractivity contribution is 0.196. The zero-order valence-electron chi connectivity index (χ0n) is 18.2. The van der Waals surface area contributed by atoms with Gasteiger partial charge in [-0.05, 0) is 42.4 Å². The molecule has 1 atom stereocenters. The summed E-state index contributed by atoms with van der Waals surface area (Å²) in [5.74, 6) is 0.200. The number of nitrogens with zero attached hydrogens (tertiary/aromatic N) is 3. The minimum atomic E-state index is -4.65. The predicted molar refractivity (Wildman–Crippen MR) is 129 cm³/mol. The van der Waals surface area contributed by atoms with E-state index in [-0.39, 0.29) is 35.0 Å². The summed E-state index contributed by atoms with van der Waals surface area (Å²) in [5, 5.41) is 7.99. The van der Waals surface area contributed by atoms with Gasteiger partial charge in [0.05, 0.1) is 6.07 Å². The molecular weight excluding hydrogens is 525 g/mol. The molecule has 1 unspecified atom stereocenters. The summed E-state index contributed by atoms with van der Waals surface area (Å²) in [6.45, 7) is 4.47. The summed E-state index contributed by atoms with van der Waals surface area (Å²) in [6, 6.07) is 10.0. The van der Waals surface area contributed by atoms with Crippen LogP contribution in [-0.2, 0) is 26.6 Å². The van der Waals surface area contributed by atoms with Crippen LogP contribution in [-0.4, -0.2) is 68.6 Å². The van der Waals surface area contributed by atoms with Gasteiger partial charge < -0.3 is 9.64 Å². The van der Waals surface area contributed by atoms with E-state index in [1.54, 1.807) is 0 Å². The standard InChI is InChI=1S/C21H23Cl2N3O6S2/c1-2-25-5-7-26(8-6-25)33(27,28)21-10-15(9-19(14-24)34(29,30)31)3-4-20(21)32-18-12-16(22)11-17(23)13-18/h3-4,10-13,19H,2,5-9H2,1H3,(H,29,30,31). The van der Waals surface area contributed by atoms with Crippen molar-refractivity contribution in [2.45, 2.75) is 23.5 Å². The number of halogens is 2. The van der Waals surface area contributed by atoms with E-state index in [0.29, 0.717) is 23.1 Å². The van der Waals surface area contributed by atoms with Gasteiger partial charge in [0.25, 0.3) is 10.1 Å². The molecule has 0 amide bonds. The van der Waals surface area contributed by atoms with Crippen LogP contribution in [0.2, 0.25) is 10.0 Å². The average Bonchev–Trinajstić information content (AvgIpc) is 2.76. The van der Waals surface area contributed by atoms with Crippen molar-refractivity contribution in [1.29, 1.82) is 5.26 Å². The Morgan fingerprint density at radius 2 is 1.68 bits per heavy atom. The van der Waals surface area contributed by atoms with Crippen LogP contribution in [0.3, 0.4) is 0 Å². The highest BCUT2D eigenvalue weighted by molar-refractivity contribution is 7.89. The van der Waals surface area contributed by atoms with Crippen molar-refractivity contribution in [3.8, 4) is 17.6 Å². The van der Waals surface area contributed by atoms with Crippen LogP contribution in [0.15, 0.2) is 41.3 Å². The number of benzene rings is 2. The largest absolute Gasteiger partial charge is 0.456 e. The summed E-state index contributed by atoms with van der Waals surface area (Å²) in [4.78, 5) is 1.93. The van der Waals surface area contributed by atoms with Gasteiger partial charge in [0, 0.05) is 42.6 Å². The topological polar surface area (TPSA) is 128 Å². The smallest absolute Gasteiger partial charge is 0.281 e. The van der Waals surface area contributed by atoms with Crippen molar-refractivity contribution in [3.05, 3.63) is 52.0 Å². The molecule has 2 aromatic rings. The van der Waals surface area contributed by atoms with E-state index in [1.165, 1.54) is 46.8 Å². The fraction of sp³-hybridized carbons (Fsp3) is 0.381. The van der Waals surface area contributed by atoms with Crippen LogP contribution >= 0.6 is 23.2 Å². The average molecular weight is 548 g/mol. The summed E-state index contributed by atoms with van der Waals surface area (Å²) in [7, 11) is -8.69. The minimum absolute atomic E-state index is 0.0135. The molecular formula is C21H23Cl2N3O6S2. The highest BCUT2D eigenvalue weighted by Gasteiger charge is 2.32. The van der Waals surface area contributed by atoms with Gasteiger partial charge in [0.2, 0.25) is 10.0 Å². The second kappa shape index (κ2) is 10.8. The summed E-state index contributed by atoms with van der Waals surface area (Å²) < 4.78 is 66.6. The Bertz CT molecular complexity index is 1280. The number of ether oxygens (including phenoxy) is 1. The molecule has 0 saturated carbocycles. The van der Waals surface area contributed by atoms with Crippen LogP contribution in [0.4, 0.5) is 0 Å². The van der Waals surface area contributed by atoms with E-state index in [0.717, 1.165) is 6.54 Å². The third kappa shape index (κ3) is 6.40. The number of likely N-dealkylation sites (N-methyl/N-ethyl adjacent to an activating group) is 1. The molecule has 2 aromatic carbocycles. The Morgan fingerprint density at radius 1 is 1.06 bits per heavy atom. The Balaban J connectivity index is 2.04. The molecule has 0 spiro atoms. The van der Waals surface area contributed by atoms with Gasteiger partial charge in [-0.3, -0.25) is 4.55 Å². The fourth-order valence-corrected chi connectivity index (χ4v) is 6.17. The fourth-order valence-electron chi connectivity index (χ4n) is 3.54. The second-order valence-electron chi connectivity index (χ2n) is 7.66. The van der Waals surface area contributed by atoms with Crippen molar-refractivity contribution in [1.82, 2.24) is 9.21 Å². The third-order valence-corrected chi connectivity index (χ3v) is 8.74. The van der Waals surface area contributed by atoms with Gasteiger partial charge in [-0.2, -0.15) is 18.0 Å². The Hall–Kier alpha value is -1.91. The van der Waals surface area contributed by atoms with E-state index in [4.69, 9.17) is 33.2 Å². The van der Waals surface area contributed by atoms with Gasteiger partial charge in [-0.1, -0.05) is 36.2 Å². The molecule has 0 bridgehead atoms. The van der Waals surface area contributed by atoms with Crippen LogP contribution in [0.5, 0.6) is 11.5 Å². The number of hydrogen-bond acceptors (Lipinski definition) is 7. The molecule has 184 valence electrons. The first-order chi connectivity index (χ1) is 15.9. The minimum Gasteiger partial charge on any atom is -0.456 e. The van der Waals surface area contributed by atoms with Gasteiger partial charge in [0.1, 0.15) is 16.4 Å². The summed E-state index contributed by atoms with van der Waals surface area (Å²) >= 11 is 12.1. The molecule has 0 aliphatic carbocycles. The molecule has 1 N–H and O–H groups in total. The quantitative estimate of drug-likeness (QED) is 0.497. The molecule has 13 heteroatoms. The number of sulfonamides is 1. The molecule has 1 fully saturated rings. The van der Waals surface area contributed by atoms with E-state index in [9.17, 15) is 21.4 Å². The first-order valence-electron chi connectivity index (χ1n) is 10.3. The predicted octanol–water partition coefficient (Wildman–Crippen LogP) is 3.43. The lowest BCUT2D eigenvalue weighted by Gasteiger charge is -2.33. The third-order valence-electron chi connectivity index (χ3n) is 5.39. The number of hydrogen-bond donors (Lipinski definition) is 1. The first-order valence-corrected chi connectivity index (χ1v) is 14.0. The van der Waals surface area contributed by atoms with Gasteiger partial charge >= 0.3 is 0 Å². The van der Waals surface area contributed by atoms with Crippen molar-refractivity contribution in [3.63, 3.8) is 0 Å². The normalized spacial score (nSPS) is 16.7. The molecule has 0 radical (unpaired) electrons. The van der Waals surface area contributed by atoms with Gasteiger partial charge in [0.15, 0.2) is 5.25 Å². The van der Waals surface area contributed by atoms with Crippen molar-refractivity contribution < 1.29 is 26.1 Å². The highest BCUT2D eigenvalue weighted by Crippen LogP contribution is 2.35. The molecule has 0 aromatic heterocycles. The van der Waals surface area contributed by atoms with Crippen LogP contribution in [0.25, 0.3) is 0 Å². The second-order valence-corrected chi connectivity index (χ2v) is 12.0. The Morgan fingerprint density at radius 3 is 2.21 bits per heavy atom. The number of nitriles is 1. The van der Waals surface area contributed by atoms with E-state index >= 15 is 0 Å². The lowest BCUT2D eigenvalue weighted by atomic mass is 10.1. The van der Waals surface area contributed by atoms with Crippen LogP contribution in [0, 0.1) is 11.3 Å². The number of rotatable bonds is 8. The van der Waals surface area contributed by atoms with Crippen molar-refractivity contribution >= 4 is 43.3 Å². The first kappa shape index (κ1) is 26.7. The summed E-state index contributed by atoms with van der Waals surface area (Å²) in [5.41, 5.74) is 0.228. The van der Waals surface area contributed by atoms with E-state index in [2.05, 4.69) is 4.90 Å². The Labute approximate surface area is 209 Å². The van der Waals surface area contributed by atoms with Crippen LogP contribution in [0.1, 0.15) is 12.5 Å². The van der Waals surface area contributed by atoms with Crippen molar-refractivity contribution in [2.24, 2.45) is 0 Å². The molecule has 34 heavy (non-hydrogen) atoms. The lowest BCUT2D eigenvalue weighted by Crippen LogP contribution is -2.48. The maximum Gasteiger partial charge on any atom is 0.281 e. The van der Waals surface area contributed by atoms with E-state index < -0.39 is 31.8 Å². The molecule has 3 rings (SSSR count). The van der Waals surface area contributed by atoms with Crippen molar-refractivity contribution in [2.75, 3.05) is 32.7 Å². The van der Waals surface area contributed by atoms with Gasteiger partial charge in [-0.25, -0.2) is 8.42 Å². The molecule has 1 saturated heterocycles. The maximum absolute atomic E-state index is 13.6. The molecule has 1 heterocycles. The summed E-state index contributed by atoms with van der Waals surface area (Å²) in [6.07, 6.45) is -0.398. The molecule has 9 nitrogen and oxygen atoms in total. The SMILES string of the molecule is CCN1CCN(S(=O)(=O)c2cc(CC(C#N)S(=O)(=O)O)ccc2Oc2cc(Cl)cc(Cl)c2)CC1. The molecule has 1 aliphatic heterocycles. The molecule has 1 aliphatic rings. The van der Waals surface area contributed by atoms with Gasteiger partial charge in [-0.15, -0.1) is 0 Å². The maximum atomic E-state index is 13.6. The monoisotopic (exact) mass is 547 g/mol. The van der Waals surface area contributed by atoms with Crippen LogP contribution < -0.4 is 4.74 Å². The zero-order chi connectivity index (χ0) is 25.1.